The zero-order valence-corrected chi connectivity index (χ0v) is 13.0. The van der Waals surface area contributed by atoms with E-state index < -0.39 is 0 Å². The van der Waals surface area contributed by atoms with E-state index in [9.17, 15) is 4.79 Å². The molecule has 2 heterocycles. The van der Waals surface area contributed by atoms with Crippen molar-refractivity contribution in [2.24, 2.45) is 0 Å². The van der Waals surface area contributed by atoms with Crippen molar-refractivity contribution >= 4 is 0 Å². The quantitative estimate of drug-likeness (QED) is 0.939. The van der Waals surface area contributed by atoms with Crippen molar-refractivity contribution in [3.05, 3.63) is 57.8 Å². The second-order valence-electron chi connectivity index (χ2n) is 5.83. The number of aromatic amines is 1. The molecular weight excluding hydrogens is 278 g/mol. The molecule has 2 aromatic rings. The standard InChI is InChI=1S/C17H21N3O2/c1-12-18-16(9-17(21)19-12)14-6-7-20(11-14)10-13-4-3-5-15(8-13)22-2/h3-5,8-9,14H,6-7,10-11H2,1-2H3,(H,18,19,21)/t14-/m1/s1. The van der Waals surface area contributed by atoms with Gasteiger partial charge in [-0.1, -0.05) is 12.1 Å². The Kier molecular flexibility index (Phi) is 4.24. The van der Waals surface area contributed by atoms with Crippen molar-refractivity contribution in [3.8, 4) is 5.75 Å². The Morgan fingerprint density at radius 3 is 3.05 bits per heavy atom. The molecule has 1 saturated heterocycles. The van der Waals surface area contributed by atoms with Crippen LogP contribution in [0.2, 0.25) is 0 Å². The largest absolute Gasteiger partial charge is 0.497 e. The molecule has 0 amide bonds. The summed E-state index contributed by atoms with van der Waals surface area (Å²) in [4.78, 5) is 21.2. The maximum Gasteiger partial charge on any atom is 0.251 e. The highest BCUT2D eigenvalue weighted by Gasteiger charge is 2.25. The summed E-state index contributed by atoms with van der Waals surface area (Å²) >= 11 is 0. The van der Waals surface area contributed by atoms with Gasteiger partial charge in [-0.3, -0.25) is 9.69 Å². The molecular formula is C17H21N3O2. The van der Waals surface area contributed by atoms with Crippen molar-refractivity contribution in [1.29, 1.82) is 0 Å². The zero-order chi connectivity index (χ0) is 15.5. The lowest BCUT2D eigenvalue weighted by Gasteiger charge is -2.16. The monoisotopic (exact) mass is 299 g/mol. The Labute approximate surface area is 130 Å². The van der Waals surface area contributed by atoms with E-state index in [0.717, 1.165) is 37.5 Å². The maximum absolute atomic E-state index is 11.6. The number of aryl methyl sites for hydroxylation is 1. The fourth-order valence-electron chi connectivity index (χ4n) is 3.06. The molecule has 0 bridgehead atoms. The van der Waals surface area contributed by atoms with Crippen LogP contribution in [-0.2, 0) is 6.54 Å². The number of likely N-dealkylation sites (tertiary alicyclic amines) is 1. The van der Waals surface area contributed by atoms with E-state index in [1.807, 2.05) is 19.1 Å². The first-order valence-electron chi connectivity index (χ1n) is 7.57. The predicted molar refractivity (Wildman–Crippen MR) is 85.2 cm³/mol. The maximum atomic E-state index is 11.6. The summed E-state index contributed by atoms with van der Waals surface area (Å²) in [6.07, 6.45) is 1.04. The third kappa shape index (κ3) is 3.36. The third-order valence-electron chi connectivity index (χ3n) is 4.11. The van der Waals surface area contributed by atoms with Crippen molar-refractivity contribution in [2.75, 3.05) is 20.2 Å². The molecule has 0 spiro atoms. The van der Waals surface area contributed by atoms with Gasteiger partial charge in [0.2, 0.25) is 0 Å². The molecule has 1 aromatic carbocycles. The van der Waals surface area contributed by atoms with Gasteiger partial charge in [0.15, 0.2) is 0 Å². The minimum atomic E-state index is -0.0613. The highest BCUT2D eigenvalue weighted by Crippen LogP contribution is 2.26. The van der Waals surface area contributed by atoms with Gasteiger partial charge >= 0.3 is 0 Å². The van der Waals surface area contributed by atoms with Crippen LogP contribution in [0, 0.1) is 6.92 Å². The molecule has 1 aromatic heterocycles. The summed E-state index contributed by atoms with van der Waals surface area (Å²) in [5, 5.41) is 0. The molecule has 5 heteroatoms. The number of nitrogens with one attached hydrogen (secondary N) is 1. The first-order chi connectivity index (χ1) is 10.6. The van der Waals surface area contributed by atoms with Crippen LogP contribution in [0.5, 0.6) is 5.75 Å². The lowest BCUT2D eigenvalue weighted by atomic mass is 10.0. The molecule has 1 atom stereocenters. The number of aromatic nitrogens is 2. The van der Waals surface area contributed by atoms with Crippen LogP contribution in [-0.4, -0.2) is 35.1 Å². The smallest absolute Gasteiger partial charge is 0.251 e. The first-order valence-corrected chi connectivity index (χ1v) is 7.57. The van der Waals surface area contributed by atoms with Gasteiger partial charge in [0.25, 0.3) is 5.56 Å². The molecule has 5 nitrogen and oxygen atoms in total. The Balaban J connectivity index is 1.68. The second-order valence-corrected chi connectivity index (χ2v) is 5.83. The molecule has 0 radical (unpaired) electrons. The van der Waals surface area contributed by atoms with Crippen molar-refractivity contribution in [1.82, 2.24) is 14.9 Å². The highest BCUT2D eigenvalue weighted by molar-refractivity contribution is 5.28. The molecule has 0 aliphatic carbocycles. The van der Waals surface area contributed by atoms with Gasteiger partial charge in [-0.2, -0.15) is 0 Å². The van der Waals surface area contributed by atoms with E-state index in [0.29, 0.717) is 11.7 Å². The average molecular weight is 299 g/mol. The number of benzene rings is 1. The molecule has 116 valence electrons. The molecule has 0 saturated carbocycles. The molecule has 1 N–H and O–H groups in total. The van der Waals surface area contributed by atoms with Gasteiger partial charge < -0.3 is 9.72 Å². The highest BCUT2D eigenvalue weighted by atomic mass is 16.5. The number of hydrogen-bond donors (Lipinski definition) is 1. The predicted octanol–water partition coefficient (Wildman–Crippen LogP) is 2.08. The Bertz CT molecular complexity index is 711. The van der Waals surface area contributed by atoms with Gasteiger partial charge in [0.1, 0.15) is 11.6 Å². The van der Waals surface area contributed by atoms with E-state index in [2.05, 4.69) is 27.0 Å². The van der Waals surface area contributed by atoms with Crippen molar-refractivity contribution in [2.45, 2.75) is 25.8 Å². The summed E-state index contributed by atoms with van der Waals surface area (Å²) in [6.45, 7) is 4.69. The van der Waals surface area contributed by atoms with Crippen LogP contribution in [0.4, 0.5) is 0 Å². The van der Waals surface area contributed by atoms with Crippen molar-refractivity contribution in [3.63, 3.8) is 0 Å². The molecule has 1 aliphatic rings. The number of rotatable bonds is 4. The number of methoxy groups -OCH3 is 1. The van der Waals surface area contributed by atoms with Crippen LogP contribution in [0.15, 0.2) is 35.1 Å². The summed E-state index contributed by atoms with van der Waals surface area (Å²) in [5.41, 5.74) is 2.10. The summed E-state index contributed by atoms with van der Waals surface area (Å²) < 4.78 is 5.27. The van der Waals surface area contributed by atoms with Crippen LogP contribution < -0.4 is 10.3 Å². The lowest BCUT2D eigenvalue weighted by Crippen LogP contribution is -2.20. The molecule has 22 heavy (non-hydrogen) atoms. The fraction of sp³-hybridized carbons (Fsp3) is 0.412. The van der Waals surface area contributed by atoms with Crippen LogP contribution >= 0.6 is 0 Å². The zero-order valence-electron chi connectivity index (χ0n) is 13.0. The molecule has 1 aliphatic heterocycles. The average Bonchev–Trinajstić information content (AvgIpc) is 2.95. The second kappa shape index (κ2) is 6.32. The Morgan fingerprint density at radius 1 is 1.41 bits per heavy atom. The van der Waals surface area contributed by atoms with Crippen molar-refractivity contribution < 1.29 is 4.74 Å². The van der Waals surface area contributed by atoms with E-state index in [1.165, 1.54) is 5.56 Å². The number of ether oxygens (including phenoxy) is 1. The third-order valence-corrected chi connectivity index (χ3v) is 4.11. The van der Waals surface area contributed by atoms with Gasteiger partial charge in [-0.25, -0.2) is 4.98 Å². The van der Waals surface area contributed by atoms with E-state index >= 15 is 0 Å². The topological polar surface area (TPSA) is 58.2 Å². The van der Waals surface area contributed by atoms with Crippen LogP contribution in [0.25, 0.3) is 0 Å². The fourth-order valence-corrected chi connectivity index (χ4v) is 3.06. The number of hydrogen-bond acceptors (Lipinski definition) is 4. The van der Waals surface area contributed by atoms with Gasteiger partial charge in [0.05, 0.1) is 12.8 Å². The normalized spacial score (nSPS) is 18.5. The van der Waals surface area contributed by atoms with Gasteiger partial charge in [-0.05, 0) is 37.6 Å². The minimum absolute atomic E-state index is 0.0613. The summed E-state index contributed by atoms with van der Waals surface area (Å²) in [6, 6.07) is 9.80. The van der Waals surface area contributed by atoms with Crippen LogP contribution in [0.3, 0.4) is 0 Å². The van der Waals surface area contributed by atoms with E-state index in [-0.39, 0.29) is 5.56 Å². The van der Waals surface area contributed by atoms with Gasteiger partial charge in [-0.15, -0.1) is 0 Å². The molecule has 0 unspecified atom stereocenters. The first kappa shape index (κ1) is 14.8. The van der Waals surface area contributed by atoms with Crippen LogP contribution in [0.1, 0.15) is 29.4 Å². The number of nitrogens with zero attached hydrogens (tertiary/aromatic N) is 2. The van der Waals surface area contributed by atoms with E-state index in [4.69, 9.17) is 4.74 Å². The summed E-state index contributed by atoms with van der Waals surface area (Å²) in [7, 11) is 1.69. The number of H-pyrrole nitrogens is 1. The lowest BCUT2D eigenvalue weighted by molar-refractivity contribution is 0.325. The Morgan fingerprint density at radius 2 is 2.27 bits per heavy atom. The Hall–Kier alpha value is -2.14. The van der Waals surface area contributed by atoms with Gasteiger partial charge in [0, 0.05) is 25.1 Å². The molecule has 3 rings (SSSR count). The summed E-state index contributed by atoms with van der Waals surface area (Å²) in [5.74, 6) is 1.92. The van der Waals surface area contributed by atoms with E-state index in [1.54, 1.807) is 13.2 Å². The molecule has 1 fully saturated rings. The minimum Gasteiger partial charge on any atom is -0.497 e. The SMILES string of the molecule is COc1cccc(CN2CC[C@@H](c3cc(=O)[nH]c(C)n3)C2)c1.